The van der Waals surface area contributed by atoms with E-state index in [0.717, 1.165) is 11.3 Å². The molecule has 2 nitrogen and oxygen atoms in total. The number of halogens is 1. The number of aliphatic hydroxyl groups excluding tert-OH is 1. The van der Waals surface area contributed by atoms with Crippen molar-refractivity contribution in [1.29, 1.82) is 0 Å². The third-order valence-electron chi connectivity index (χ3n) is 3.39. The molecule has 0 saturated heterocycles. The van der Waals surface area contributed by atoms with E-state index in [0.29, 0.717) is 17.7 Å². The summed E-state index contributed by atoms with van der Waals surface area (Å²) < 4.78 is 19.1. The van der Waals surface area contributed by atoms with Crippen LogP contribution in [-0.2, 0) is 6.42 Å². The standard InChI is InChI=1S/C15H15FO2S/c1-2-10-4-6-15(19-10)14-8-12(17)11-5-3-9(16)7-13(11)18-14/h3-7,12,14,17H,2,8H2,1H3/t12-,14?/m0/s1. The van der Waals surface area contributed by atoms with Crippen LogP contribution in [0, 0.1) is 5.82 Å². The first-order chi connectivity index (χ1) is 9.17. The molecule has 0 saturated carbocycles. The average Bonchev–Trinajstić information content (AvgIpc) is 2.86. The molecule has 0 spiro atoms. The smallest absolute Gasteiger partial charge is 0.136 e. The Morgan fingerprint density at radius 3 is 2.95 bits per heavy atom. The molecule has 0 fully saturated rings. The van der Waals surface area contributed by atoms with E-state index in [1.807, 2.05) is 6.07 Å². The normalized spacial score (nSPS) is 21.8. The first kappa shape index (κ1) is 12.6. The molecule has 3 rings (SSSR count). The Balaban J connectivity index is 1.91. The highest BCUT2D eigenvalue weighted by molar-refractivity contribution is 7.12. The summed E-state index contributed by atoms with van der Waals surface area (Å²) in [5.41, 5.74) is 0.671. The van der Waals surface area contributed by atoms with E-state index in [-0.39, 0.29) is 11.9 Å². The predicted octanol–water partition coefficient (Wildman–Crippen LogP) is 4.01. The van der Waals surface area contributed by atoms with Crippen molar-refractivity contribution in [3.05, 3.63) is 51.5 Å². The van der Waals surface area contributed by atoms with Crippen LogP contribution in [0.25, 0.3) is 0 Å². The third-order valence-corrected chi connectivity index (χ3v) is 4.71. The quantitative estimate of drug-likeness (QED) is 0.899. The number of hydrogen-bond acceptors (Lipinski definition) is 3. The zero-order chi connectivity index (χ0) is 13.4. The lowest BCUT2D eigenvalue weighted by Gasteiger charge is -2.29. The summed E-state index contributed by atoms with van der Waals surface area (Å²) in [6.45, 7) is 2.11. The Hall–Kier alpha value is -1.39. The SMILES string of the molecule is CCc1ccc(C2C[C@H](O)c3ccc(F)cc3O2)s1. The number of benzene rings is 1. The van der Waals surface area contributed by atoms with Crippen molar-refractivity contribution in [2.75, 3.05) is 0 Å². The van der Waals surface area contributed by atoms with Gasteiger partial charge in [-0.3, -0.25) is 0 Å². The number of aryl methyl sites for hydroxylation is 1. The number of ether oxygens (including phenoxy) is 1. The van der Waals surface area contributed by atoms with Gasteiger partial charge in [0.2, 0.25) is 0 Å². The van der Waals surface area contributed by atoms with Gasteiger partial charge in [-0.25, -0.2) is 4.39 Å². The summed E-state index contributed by atoms with van der Waals surface area (Å²) in [6.07, 6.45) is 0.726. The number of thiophene rings is 1. The summed E-state index contributed by atoms with van der Waals surface area (Å²) in [7, 11) is 0. The Labute approximate surface area is 115 Å². The van der Waals surface area contributed by atoms with Crippen molar-refractivity contribution >= 4 is 11.3 Å². The van der Waals surface area contributed by atoms with E-state index in [1.165, 1.54) is 17.0 Å². The summed E-state index contributed by atoms with van der Waals surface area (Å²) in [4.78, 5) is 2.38. The van der Waals surface area contributed by atoms with E-state index >= 15 is 0 Å². The second-order valence-corrected chi connectivity index (χ2v) is 5.90. The lowest BCUT2D eigenvalue weighted by molar-refractivity contribution is 0.0671. The molecular weight excluding hydrogens is 263 g/mol. The maximum absolute atomic E-state index is 13.3. The zero-order valence-corrected chi connectivity index (χ0v) is 11.4. The van der Waals surface area contributed by atoms with Gasteiger partial charge in [0.05, 0.1) is 6.10 Å². The number of rotatable bonds is 2. The summed E-state index contributed by atoms with van der Waals surface area (Å²) >= 11 is 1.69. The maximum atomic E-state index is 13.3. The fourth-order valence-electron chi connectivity index (χ4n) is 2.35. The topological polar surface area (TPSA) is 29.5 Å². The molecule has 0 radical (unpaired) electrons. The highest BCUT2D eigenvalue weighted by Crippen LogP contribution is 2.42. The third kappa shape index (κ3) is 2.38. The first-order valence-electron chi connectivity index (χ1n) is 6.40. The minimum Gasteiger partial charge on any atom is -0.484 e. The zero-order valence-electron chi connectivity index (χ0n) is 10.6. The average molecular weight is 278 g/mol. The Morgan fingerprint density at radius 2 is 2.21 bits per heavy atom. The van der Waals surface area contributed by atoms with Crippen molar-refractivity contribution in [1.82, 2.24) is 0 Å². The maximum Gasteiger partial charge on any atom is 0.136 e. The Morgan fingerprint density at radius 1 is 1.37 bits per heavy atom. The van der Waals surface area contributed by atoms with Gasteiger partial charge in [-0.1, -0.05) is 6.92 Å². The molecule has 0 bridgehead atoms. The molecule has 1 N–H and O–H groups in total. The van der Waals surface area contributed by atoms with Crippen LogP contribution in [0.1, 0.15) is 40.9 Å². The van der Waals surface area contributed by atoms with E-state index < -0.39 is 6.10 Å². The lowest BCUT2D eigenvalue weighted by Crippen LogP contribution is -2.18. The van der Waals surface area contributed by atoms with Gasteiger partial charge in [0.1, 0.15) is 17.7 Å². The molecule has 1 aromatic carbocycles. The van der Waals surface area contributed by atoms with Crippen LogP contribution in [0.4, 0.5) is 4.39 Å². The van der Waals surface area contributed by atoms with Gasteiger partial charge in [0.15, 0.2) is 0 Å². The minimum atomic E-state index is -0.596. The van der Waals surface area contributed by atoms with Crippen molar-refractivity contribution in [3.8, 4) is 5.75 Å². The summed E-state index contributed by atoms with van der Waals surface area (Å²) in [6, 6.07) is 8.41. The molecule has 2 heterocycles. The van der Waals surface area contributed by atoms with Gasteiger partial charge < -0.3 is 9.84 Å². The second kappa shape index (κ2) is 4.94. The molecule has 1 unspecified atom stereocenters. The minimum absolute atomic E-state index is 0.186. The van der Waals surface area contributed by atoms with Crippen LogP contribution in [0.3, 0.4) is 0 Å². The molecule has 1 aliphatic heterocycles. The van der Waals surface area contributed by atoms with Gasteiger partial charge >= 0.3 is 0 Å². The first-order valence-corrected chi connectivity index (χ1v) is 7.21. The fourth-order valence-corrected chi connectivity index (χ4v) is 3.34. The highest BCUT2D eigenvalue weighted by atomic mass is 32.1. The monoisotopic (exact) mass is 278 g/mol. The van der Waals surface area contributed by atoms with Crippen LogP contribution in [0.15, 0.2) is 30.3 Å². The highest BCUT2D eigenvalue weighted by Gasteiger charge is 2.29. The fraction of sp³-hybridized carbons (Fsp3) is 0.333. The molecule has 1 aliphatic rings. The summed E-state index contributed by atoms with van der Waals surface area (Å²) in [5.74, 6) is 0.113. The molecule has 0 amide bonds. The van der Waals surface area contributed by atoms with Crippen molar-refractivity contribution in [2.24, 2.45) is 0 Å². The summed E-state index contributed by atoms with van der Waals surface area (Å²) in [5, 5.41) is 10.2. The predicted molar refractivity (Wildman–Crippen MR) is 73.0 cm³/mol. The van der Waals surface area contributed by atoms with Crippen LogP contribution in [0.2, 0.25) is 0 Å². The van der Waals surface area contributed by atoms with Gasteiger partial charge in [0.25, 0.3) is 0 Å². The second-order valence-electron chi connectivity index (χ2n) is 4.70. The van der Waals surface area contributed by atoms with Crippen molar-refractivity contribution in [3.63, 3.8) is 0 Å². The van der Waals surface area contributed by atoms with Crippen LogP contribution >= 0.6 is 11.3 Å². The lowest BCUT2D eigenvalue weighted by atomic mass is 9.98. The molecule has 2 aromatic rings. The van der Waals surface area contributed by atoms with Gasteiger partial charge in [-0.2, -0.15) is 0 Å². The Bertz CT molecular complexity index is 594. The van der Waals surface area contributed by atoms with Gasteiger partial charge in [0, 0.05) is 27.8 Å². The molecule has 1 aromatic heterocycles. The van der Waals surface area contributed by atoms with E-state index in [9.17, 15) is 9.50 Å². The molecule has 2 atom stereocenters. The molecular formula is C15H15FO2S. The molecule has 0 aliphatic carbocycles. The van der Waals surface area contributed by atoms with Crippen molar-refractivity contribution < 1.29 is 14.2 Å². The number of aliphatic hydroxyl groups is 1. The Kier molecular flexibility index (Phi) is 3.29. The van der Waals surface area contributed by atoms with Gasteiger partial charge in [-0.15, -0.1) is 11.3 Å². The number of hydrogen-bond donors (Lipinski definition) is 1. The van der Waals surface area contributed by atoms with E-state index in [1.54, 1.807) is 17.4 Å². The van der Waals surface area contributed by atoms with E-state index in [2.05, 4.69) is 13.0 Å². The molecule has 19 heavy (non-hydrogen) atoms. The molecule has 4 heteroatoms. The van der Waals surface area contributed by atoms with E-state index in [4.69, 9.17) is 4.74 Å². The molecule has 100 valence electrons. The largest absolute Gasteiger partial charge is 0.484 e. The van der Waals surface area contributed by atoms with Crippen LogP contribution in [0.5, 0.6) is 5.75 Å². The van der Waals surface area contributed by atoms with Crippen LogP contribution < -0.4 is 4.74 Å². The van der Waals surface area contributed by atoms with Crippen molar-refractivity contribution in [2.45, 2.75) is 32.0 Å². The number of fused-ring (bicyclic) bond motifs is 1. The van der Waals surface area contributed by atoms with Crippen LogP contribution in [-0.4, -0.2) is 5.11 Å². The van der Waals surface area contributed by atoms with Gasteiger partial charge in [-0.05, 0) is 30.7 Å².